The van der Waals surface area contributed by atoms with Gasteiger partial charge < -0.3 is 19.3 Å². The lowest BCUT2D eigenvalue weighted by Gasteiger charge is -2.07. The largest absolute Gasteiger partial charge is 0.490 e. The lowest BCUT2D eigenvalue weighted by Crippen LogP contribution is -2.05. The van der Waals surface area contributed by atoms with E-state index in [1.54, 1.807) is 13.8 Å². The Morgan fingerprint density at radius 2 is 1.19 bits per heavy atom. The first kappa shape index (κ1) is 24.8. The number of carboxylic acids is 1. The number of aromatic carboxylic acids is 1. The molecule has 0 saturated carbocycles. The number of carboxylic acid groups (broad SMARTS) is 1. The third-order valence-corrected chi connectivity index (χ3v) is 4.08. The van der Waals surface area contributed by atoms with Crippen LogP contribution in [0.1, 0.15) is 31.8 Å². The molecule has 1 N–H and O–H groups in total. The fourth-order valence-corrected chi connectivity index (χ4v) is 2.51. The van der Waals surface area contributed by atoms with Gasteiger partial charge in [-0.2, -0.15) is 0 Å². The fourth-order valence-electron chi connectivity index (χ4n) is 2.51. The van der Waals surface area contributed by atoms with Crippen molar-refractivity contribution < 1.29 is 38.8 Å². The quantitative estimate of drug-likeness (QED) is 0.403. The molecule has 0 atom stereocenters. The highest BCUT2D eigenvalue weighted by molar-refractivity contribution is 5.92. The maximum atomic E-state index is 11.3. The lowest BCUT2D eigenvalue weighted by atomic mass is 10.1. The SMILES string of the molecule is COC(=O)c1cc([N+](=O)[O-])c(OC)cc1C.COc1cc(C)c(C(=O)O)cc1[N+](=O)[O-]. The minimum Gasteiger partial charge on any atom is -0.490 e. The molecule has 0 heterocycles. The third-order valence-electron chi connectivity index (χ3n) is 4.08. The van der Waals surface area contributed by atoms with Crippen LogP contribution in [0.25, 0.3) is 0 Å². The van der Waals surface area contributed by atoms with E-state index >= 15 is 0 Å². The molecule has 12 nitrogen and oxygen atoms in total. The van der Waals surface area contributed by atoms with Crippen molar-refractivity contribution in [3.05, 3.63) is 66.7 Å². The van der Waals surface area contributed by atoms with Gasteiger partial charge in [0.1, 0.15) is 0 Å². The summed E-state index contributed by atoms with van der Waals surface area (Å²) in [6.45, 7) is 3.20. The molecule has 166 valence electrons. The molecule has 31 heavy (non-hydrogen) atoms. The van der Waals surface area contributed by atoms with E-state index in [0.717, 1.165) is 12.1 Å². The molecule has 0 fully saturated rings. The summed E-state index contributed by atoms with van der Waals surface area (Å²) in [4.78, 5) is 42.1. The number of nitrogens with zero attached hydrogens (tertiary/aromatic N) is 2. The molecular weight excluding hydrogens is 416 g/mol. The number of carbonyl (C=O) groups is 2. The van der Waals surface area contributed by atoms with Crippen molar-refractivity contribution >= 4 is 23.3 Å². The first-order valence-electron chi connectivity index (χ1n) is 8.46. The van der Waals surface area contributed by atoms with Gasteiger partial charge in [-0.25, -0.2) is 9.59 Å². The standard InChI is InChI=1S/C10H11NO5.C9H9NO5/c1-6-4-9(15-2)8(11(13)14)5-7(6)10(12)16-3;1-5-3-8(15-2)7(10(13)14)4-6(5)9(11)12/h4-5H,1-3H3;3-4H,1-2H3,(H,11,12). The summed E-state index contributed by atoms with van der Waals surface area (Å²) in [5.41, 5.74) is 0.450. The van der Waals surface area contributed by atoms with Gasteiger partial charge in [0.25, 0.3) is 0 Å². The number of benzene rings is 2. The van der Waals surface area contributed by atoms with Crippen LogP contribution in [0.2, 0.25) is 0 Å². The van der Waals surface area contributed by atoms with Gasteiger partial charge in [0, 0.05) is 12.1 Å². The number of nitro groups is 2. The van der Waals surface area contributed by atoms with Gasteiger partial charge in [0.15, 0.2) is 11.5 Å². The van der Waals surface area contributed by atoms with Crippen LogP contribution < -0.4 is 9.47 Å². The predicted molar refractivity (Wildman–Crippen MR) is 107 cm³/mol. The average molecular weight is 436 g/mol. The van der Waals surface area contributed by atoms with Gasteiger partial charge in [-0.1, -0.05) is 0 Å². The fraction of sp³-hybridized carbons (Fsp3) is 0.263. The Labute approximate surface area is 176 Å². The minimum atomic E-state index is -1.20. The molecule has 12 heteroatoms. The van der Waals surface area contributed by atoms with Crippen LogP contribution in [0.15, 0.2) is 24.3 Å². The molecular formula is C19H20N2O10. The van der Waals surface area contributed by atoms with Crippen LogP contribution in [0.4, 0.5) is 11.4 Å². The molecule has 0 unspecified atom stereocenters. The molecule has 0 aliphatic rings. The summed E-state index contributed by atoms with van der Waals surface area (Å²) in [6, 6.07) is 4.92. The van der Waals surface area contributed by atoms with E-state index in [1.165, 1.54) is 33.5 Å². The predicted octanol–water partition coefficient (Wildman–Crippen LogP) is 3.31. The summed E-state index contributed by atoms with van der Waals surface area (Å²) in [7, 11) is 3.85. The molecule has 0 saturated heterocycles. The van der Waals surface area contributed by atoms with E-state index in [0.29, 0.717) is 11.1 Å². The Bertz CT molecular complexity index is 1030. The summed E-state index contributed by atoms with van der Waals surface area (Å²) < 4.78 is 14.2. The number of hydrogen-bond donors (Lipinski definition) is 1. The lowest BCUT2D eigenvalue weighted by molar-refractivity contribution is -0.385. The third kappa shape index (κ3) is 5.88. The molecule has 0 aromatic heterocycles. The summed E-state index contributed by atoms with van der Waals surface area (Å²) in [5.74, 6) is -1.63. The second kappa shape index (κ2) is 10.5. The number of rotatable bonds is 6. The van der Waals surface area contributed by atoms with Crippen molar-refractivity contribution in [3.63, 3.8) is 0 Å². The minimum absolute atomic E-state index is 0.0579. The van der Waals surface area contributed by atoms with Crippen LogP contribution in [-0.2, 0) is 4.74 Å². The van der Waals surface area contributed by atoms with E-state index in [-0.39, 0.29) is 34.0 Å². The maximum absolute atomic E-state index is 11.3. The van der Waals surface area contributed by atoms with Gasteiger partial charge in [-0.3, -0.25) is 20.2 Å². The van der Waals surface area contributed by atoms with E-state index in [2.05, 4.69) is 4.74 Å². The molecule has 2 aromatic carbocycles. The zero-order valence-corrected chi connectivity index (χ0v) is 17.3. The van der Waals surface area contributed by atoms with Gasteiger partial charge in [0.05, 0.1) is 42.3 Å². The summed E-state index contributed by atoms with van der Waals surface area (Å²) in [5, 5.41) is 30.1. The first-order valence-corrected chi connectivity index (χ1v) is 8.46. The average Bonchev–Trinajstić information content (AvgIpc) is 2.72. The number of methoxy groups -OCH3 is 3. The van der Waals surface area contributed by atoms with E-state index in [4.69, 9.17) is 14.6 Å². The molecule has 0 spiro atoms. The molecule has 0 amide bonds. The highest BCUT2D eigenvalue weighted by atomic mass is 16.6. The maximum Gasteiger partial charge on any atom is 0.338 e. The number of nitro benzene ring substituents is 2. The number of esters is 1. The molecule has 0 bridgehead atoms. The Hall–Kier alpha value is -4.22. The number of carbonyl (C=O) groups excluding carboxylic acids is 1. The second-order valence-corrected chi connectivity index (χ2v) is 5.99. The topological polar surface area (TPSA) is 168 Å². The second-order valence-electron chi connectivity index (χ2n) is 5.99. The van der Waals surface area contributed by atoms with E-state index in [1.807, 2.05) is 0 Å². The smallest absolute Gasteiger partial charge is 0.338 e. The molecule has 2 rings (SSSR count). The van der Waals surface area contributed by atoms with E-state index < -0.39 is 21.8 Å². The van der Waals surface area contributed by atoms with Crippen molar-refractivity contribution in [2.24, 2.45) is 0 Å². The van der Waals surface area contributed by atoms with Crippen molar-refractivity contribution in [2.45, 2.75) is 13.8 Å². The molecule has 2 aromatic rings. The van der Waals surface area contributed by atoms with Crippen LogP contribution >= 0.6 is 0 Å². The molecule has 0 aliphatic carbocycles. The van der Waals surface area contributed by atoms with E-state index in [9.17, 15) is 29.8 Å². The number of ether oxygens (including phenoxy) is 3. The van der Waals surface area contributed by atoms with Gasteiger partial charge >= 0.3 is 23.3 Å². The molecule has 0 aliphatic heterocycles. The van der Waals surface area contributed by atoms with Crippen molar-refractivity contribution in [2.75, 3.05) is 21.3 Å². The Morgan fingerprint density at radius 1 is 0.806 bits per heavy atom. The zero-order valence-electron chi connectivity index (χ0n) is 17.3. The highest BCUT2D eigenvalue weighted by Gasteiger charge is 2.21. The Kier molecular flexibility index (Phi) is 8.43. The van der Waals surface area contributed by atoms with Crippen LogP contribution in [-0.4, -0.2) is 48.2 Å². The van der Waals surface area contributed by atoms with Crippen molar-refractivity contribution in [1.82, 2.24) is 0 Å². The van der Waals surface area contributed by atoms with Gasteiger partial charge in [0.2, 0.25) is 0 Å². The normalized spacial score (nSPS) is 9.71. The number of hydrogen-bond acceptors (Lipinski definition) is 9. The van der Waals surface area contributed by atoms with Crippen LogP contribution in [0.3, 0.4) is 0 Å². The molecule has 0 radical (unpaired) electrons. The summed E-state index contributed by atoms with van der Waals surface area (Å²) in [6.07, 6.45) is 0. The Balaban J connectivity index is 0.000000311. The Morgan fingerprint density at radius 3 is 1.52 bits per heavy atom. The van der Waals surface area contributed by atoms with Crippen molar-refractivity contribution in [3.8, 4) is 11.5 Å². The van der Waals surface area contributed by atoms with Gasteiger partial charge in [-0.15, -0.1) is 0 Å². The monoisotopic (exact) mass is 436 g/mol. The van der Waals surface area contributed by atoms with Gasteiger partial charge in [-0.05, 0) is 37.1 Å². The highest BCUT2D eigenvalue weighted by Crippen LogP contribution is 2.31. The van der Waals surface area contributed by atoms with Crippen LogP contribution in [0, 0.1) is 34.1 Å². The zero-order chi connectivity index (χ0) is 23.9. The van der Waals surface area contributed by atoms with Crippen LogP contribution in [0.5, 0.6) is 11.5 Å². The summed E-state index contributed by atoms with van der Waals surface area (Å²) >= 11 is 0. The number of aryl methyl sites for hydroxylation is 2. The first-order chi connectivity index (χ1) is 14.5. The van der Waals surface area contributed by atoms with Crippen molar-refractivity contribution in [1.29, 1.82) is 0 Å².